The summed E-state index contributed by atoms with van der Waals surface area (Å²) in [6.07, 6.45) is 4.25. The average molecular weight is 270 g/mol. The number of aromatic hydroxyl groups is 1. The summed E-state index contributed by atoms with van der Waals surface area (Å²) >= 11 is 3.48. The number of benzene rings is 1. The highest BCUT2D eigenvalue weighted by Gasteiger charge is 2.35. The van der Waals surface area contributed by atoms with E-state index in [1.54, 1.807) is 6.07 Å². The van der Waals surface area contributed by atoms with Gasteiger partial charge in [0.1, 0.15) is 5.75 Å². The fourth-order valence-corrected chi connectivity index (χ4v) is 2.89. The van der Waals surface area contributed by atoms with E-state index in [4.69, 9.17) is 5.73 Å². The molecule has 1 saturated carbocycles. The molecule has 1 aliphatic carbocycles. The Morgan fingerprint density at radius 2 is 1.93 bits per heavy atom. The van der Waals surface area contributed by atoms with Gasteiger partial charge in [0.05, 0.1) is 0 Å². The van der Waals surface area contributed by atoms with Crippen molar-refractivity contribution in [2.24, 2.45) is 5.73 Å². The summed E-state index contributed by atoms with van der Waals surface area (Å²) in [5.74, 6) is 0.333. The molecular formula is C12H16BrNO. The summed E-state index contributed by atoms with van der Waals surface area (Å²) in [7, 11) is 0. The van der Waals surface area contributed by atoms with Crippen LogP contribution in [-0.4, -0.2) is 5.11 Å². The van der Waals surface area contributed by atoms with E-state index >= 15 is 0 Å². The van der Waals surface area contributed by atoms with Gasteiger partial charge >= 0.3 is 0 Å². The van der Waals surface area contributed by atoms with Crippen molar-refractivity contribution < 1.29 is 5.11 Å². The third-order valence-corrected chi connectivity index (χ3v) is 4.23. The second-order valence-corrected chi connectivity index (χ2v) is 5.28. The maximum atomic E-state index is 9.94. The van der Waals surface area contributed by atoms with Gasteiger partial charge < -0.3 is 10.8 Å². The van der Waals surface area contributed by atoms with E-state index in [1.807, 2.05) is 13.0 Å². The fourth-order valence-electron chi connectivity index (χ4n) is 2.56. The Bertz CT molecular complexity index is 383. The van der Waals surface area contributed by atoms with Crippen LogP contribution < -0.4 is 5.73 Å². The molecule has 0 bridgehead atoms. The van der Waals surface area contributed by atoms with Gasteiger partial charge in [0.2, 0.25) is 0 Å². The molecule has 3 N–H and O–H groups in total. The number of hydrogen-bond donors (Lipinski definition) is 2. The van der Waals surface area contributed by atoms with Crippen molar-refractivity contribution in [1.29, 1.82) is 0 Å². The quantitative estimate of drug-likeness (QED) is 0.823. The summed E-state index contributed by atoms with van der Waals surface area (Å²) in [5.41, 5.74) is 8.04. The summed E-state index contributed by atoms with van der Waals surface area (Å²) in [6.45, 7) is 2.01. The zero-order chi connectivity index (χ0) is 11.1. The van der Waals surface area contributed by atoms with Crippen molar-refractivity contribution in [3.05, 3.63) is 27.7 Å². The van der Waals surface area contributed by atoms with Crippen molar-refractivity contribution in [3.63, 3.8) is 0 Å². The molecule has 1 aliphatic rings. The van der Waals surface area contributed by atoms with Gasteiger partial charge in [0.15, 0.2) is 0 Å². The number of phenols is 1. The molecular weight excluding hydrogens is 254 g/mol. The Balaban J connectivity index is 2.55. The highest BCUT2D eigenvalue weighted by Crippen LogP contribution is 2.43. The number of rotatable bonds is 1. The van der Waals surface area contributed by atoms with E-state index in [2.05, 4.69) is 15.9 Å². The molecule has 3 heteroatoms. The fraction of sp³-hybridized carbons (Fsp3) is 0.500. The van der Waals surface area contributed by atoms with Gasteiger partial charge in [-0.3, -0.25) is 0 Å². The van der Waals surface area contributed by atoms with Gasteiger partial charge in [-0.1, -0.05) is 28.8 Å². The van der Waals surface area contributed by atoms with E-state index in [-0.39, 0.29) is 5.54 Å². The van der Waals surface area contributed by atoms with Crippen molar-refractivity contribution >= 4 is 15.9 Å². The molecule has 0 amide bonds. The molecule has 0 aromatic heterocycles. The molecule has 0 spiro atoms. The largest absolute Gasteiger partial charge is 0.508 e. The summed E-state index contributed by atoms with van der Waals surface area (Å²) in [6, 6.07) is 3.59. The molecule has 0 saturated heterocycles. The van der Waals surface area contributed by atoms with Gasteiger partial charge in [-0.25, -0.2) is 0 Å². The van der Waals surface area contributed by atoms with Crippen LogP contribution in [0, 0.1) is 6.92 Å². The van der Waals surface area contributed by atoms with Gasteiger partial charge in [0.25, 0.3) is 0 Å². The van der Waals surface area contributed by atoms with Crippen LogP contribution in [0.25, 0.3) is 0 Å². The van der Waals surface area contributed by atoms with Crippen molar-refractivity contribution in [3.8, 4) is 5.75 Å². The average Bonchev–Trinajstić information content (AvgIpc) is 2.60. The van der Waals surface area contributed by atoms with E-state index < -0.39 is 0 Å². The summed E-state index contributed by atoms with van der Waals surface area (Å²) in [4.78, 5) is 0. The Morgan fingerprint density at radius 3 is 2.53 bits per heavy atom. The van der Waals surface area contributed by atoms with Gasteiger partial charge in [-0.15, -0.1) is 0 Å². The summed E-state index contributed by atoms with van der Waals surface area (Å²) < 4.78 is 1.02. The lowest BCUT2D eigenvalue weighted by molar-refractivity contribution is 0.407. The third-order valence-electron chi connectivity index (χ3n) is 3.37. The topological polar surface area (TPSA) is 46.2 Å². The van der Waals surface area contributed by atoms with Crippen molar-refractivity contribution in [1.82, 2.24) is 0 Å². The molecule has 0 aliphatic heterocycles. The van der Waals surface area contributed by atoms with Crippen LogP contribution in [0.5, 0.6) is 5.75 Å². The maximum Gasteiger partial charge on any atom is 0.120 e. The van der Waals surface area contributed by atoms with E-state index in [9.17, 15) is 5.11 Å². The van der Waals surface area contributed by atoms with Crippen molar-refractivity contribution in [2.45, 2.75) is 38.1 Å². The SMILES string of the molecule is Cc1c(Br)ccc(O)c1C1(N)CCCC1. The maximum absolute atomic E-state index is 9.94. The van der Waals surface area contributed by atoms with Crippen LogP contribution in [0.1, 0.15) is 36.8 Å². The first-order valence-corrected chi connectivity index (χ1v) is 6.11. The number of phenolic OH excluding ortho intramolecular Hbond substituents is 1. The lowest BCUT2D eigenvalue weighted by atomic mass is 9.85. The second-order valence-electron chi connectivity index (χ2n) is 4.43. The first-order chi connectivity index (χ1) is 7.04. The summed E-state index contributed by atoms with van der Waals surface area (Å²) in [5, 5.41) is 9.94. The second kappa shape index (κ2) is 3.80. The van der Waals surface area contributed by atoms with Crippen LogP contribution in [0.2, 0.25) is 0 Å². The van der Waals surface area contributed by atoms with Crippen LogP contribution in [-0.2, 0) is 5.54 Å². The monoisotopic (exact) mass is 269 g/mol. The van der Waals surface area contributed by atoms with Crippen LogP contribution >= 0.6 is 15.9 Å². The molecule has 0 unspecified atom stereocenters. The minimum Gasteiger partial charge on any atom is -0.508 e. The zero-order valence-corrected chi connectivity index (χ0v) is 10.5. The third kappa shape index (κ3) is 1.79. The Hall–Kier alpha value is -0.540. The van der Waals surface area contributed by atoms with E-state index in [0.29, 0.717) is 5.75 Å². The lowest BCUT2D eigenvalue weighted by Crippen LogP contribution is -2.34. The van der Waals surface area contributed by atoms with Crippen LogP contribution in [0.15, 0.2) is 16.6 Å². The van der Waals surface area contributed by atoms with Crippen molar-refractivity contribution in [2.75, 3.05) is 0 Å². The van der Waals surface area contributed by atoms with Crippen LogP contribution in [0.4, 0.5) is 0 Å². The predicted octanol–water partition coefficient (Wildman–Crippen LogP) is 3.19. The molecule has 82 valence electrons. The lowest BCUT2D eigenvalue weighted by Gasteiger charge is -2.27. The van der Waals surface area contributed by atoms with E-state index in [1.165, 1.54) is 0 Å². The van der Waals surface area contributed by atoms with E-state index in [0.717, 1.165) is 41.3 Å². The molecule has 2 rings (SSSR count). The molecule has 1 aromatic rings. The minimum atomic E-state index is -0.321. The first-order valence-electron chi connectivity index (χ1n) is 5.32. The number of halogens is 1. The predicted molar refractivity (Wildman–Crippen MR) is 64.9 cm³/mol. The minimum absolute atomic E-state index is 0.321. The zero-order valence-electron chi connectivity index (χ0n) is 8.89. The Morgan fingerprint density at radius 1 is 1.33 bits per heavy atom. The van der Waals surface area contributed by atoms with Crippen LogP contribution in [0.3, 0.4) is 0 Å². The molecule has 0 atom stereocenters. The number of hydrogen-bond acceptors (Lipinski definition) is 2. The highest BCUT2D eigenvalue weighted by atomic mass is 79.9. The molecule has 15 heavy (non-hydrogen) atoms. The molecule has 1 fully saturated rings. The van der Waals surface area contributed by atoms with Gasteiger partial charge in [-0.05, 0) is 37.5 Å². The van der Waals surface area contributed by atoms with Gasteiger partial charge in [0, 0.05) is 15.6 Å². The molecule has 0 radical (unpaired) electrons. The Kier molecular flexibility index (Phi) is 2.77. The Labute approximate surface area is 98.6 Å². The smallest absolute Gasteiger partial charge is 0.120 e. The standard InChI is InChI=1S/C12H16BrNO/c1-8-9(13)4-5-10(15)11(8)12(14)6-2-3-7-12/h4-5,15H,2-3,6-7,14H2,1H3. The first kappa shape index (κ1) is 11.0. The highest BCUT2D eigenvalue weighted by molar-refractivity contribution is 9.10. The normalized spacial score (nSPS) is 19.4. The van der Waals surface area contributed by atoms with Gasteiger partial charge in [-0.2, -0.15) is 0 Å². The molecule has 2 nitrogen and oxygen atoms in total. The molecule has 1 aromatic carbocycles. The molecule has 0 heterocycles. The number of nitrogens with two attached hydrogens (primary N) is 1.